The largest absolute Gasteiger partial charge is 0.351 e. The molecule has 0 radical (unpaired) electrons. The van der Waals surface area contributed by atoms with Crippen molar-refractivity contribution in [1.82, 2.24) is 15.5 Å². The van der Waals surface area contributed by atoms with E-state index in [1.807, 2.05) is 0 Å². The number of piperazine rings is 1. The highest BCUT2D eigenvalue weighted by molar-refractivity contribution is 5.93. The van der Waals surface area contributed by atoms with Gasteiger partial charge in [0.1, 0.15) is 0 Å². The minimum absolute atomic E-state index is 0. The Balaban J connectivity index is 0.00000256. The molecule has 6 nitrogen and oxygen atoms in total. The zero-order valence-electron chi connectivity index (χ0n) is 10.2. The van der Waals surface area contributed by atoms with Gasteiger partial charge in [-0.15, -0.1) is 12.4 Å². The second-order valence-electron chi connectivity index (χ2n) is 4.39. The Morgan fingerprint density at radius 3 is 2.35 bits per heavy atom. The quantitative estimate of drug-likeness (QED) is 0.652. The molecular weight excluding hydrogens is 244 g/mol. The number of primary amides is 1. The van der Waals surface area contributed by atoms with Gasteiger partial charge in [0.25, 0.3) is 0 Å². The molecule has 0 saturated carbocycles. The summed E-state index contributed by atoms with van der Waals surface area (Å²) in [4.78, 5) is 23.9. The number of hydrogen-bond acceptors (Lipinski definition) is 4. The van der Waals surface area contributed by atoms with Crippen LogP contribution in [0.4, 0.5) is 4.79 Å². The maximum Gasteiger partial charge on any atom is 0.318 e. The average molecular weight is 265 g/mol. The number of nitrogens with one attached hydrogen (secondary N) is 2. The summed E-state index contributed by atoms with van der Waals surface area (Å²) < 4.78 is 0. The van der Waals surface area contributed by atoms with Crippen molar-refractivity contribution in [2.45, 2.75) is 32.4 Å². The molecule has 0 aliphatic carbocycles. The van der Waals surface area contributed by atoms with Gasteiger partial charge in [-0.3, -0.25) is 15.0 Å². The van der Waals surface area contributed by atoms with Crippen LogP contribution in [0.5, 0.6) is 0 Å². The Morgan fingerprint density at radius 1 is 1.35 bits per heavy atom. The zero-order chi connectivity index (χ0) is 12.1. The lowest BCUT2D eigenvalue weighted by atomic mass is 10.1. The van der Waals surface area contributed by atoms with Crippen LogP contribution in [0.1, 0.15) is 20.3 Å². The van der Waals surface area contributed by atoms with Crippen molar-refractivity contribution in [2.75, 3.05) is 19.6 Å². The fourth-order valence-electron chi connectivity index (χ4n) is 2.08. The van der Waals surface area contributed by atoms with Gasteiger partial charge in [-0.1, -0.05) is 0 Å². The van der Waals surface area contributed by atoms with Crippen molar-refractivity contribution >= 4 is 24.3 Å². The number of rotatable bonds is 3. The topological polar surface area (TPSA) is 87.5 Å². The monoisotopic (exact) mass is 264 g/mol. The molecule has 1 heterocycles. The molecule has 2 atom stereocenters. The summed E-state index contributed by atoms with van der Waals surface area (Å²) in [6.45, 7) is 6.75. The maximum atomic E-state index is 11.2. The van der Waals surface area contributed by atoms with Gasteiger partial charge >= 0.3 is 6.03 Å². The molecule has 7 heteroatoms. The second-order valence-corrected chi connectivity index (χ2v) is 4.39. The number of urea groups is 1. The SMILES string of the molecule is CC1CN(CCC(=O)NC(N)=O)CC(C)N1.Cl. The van der Waals surface area contributed by atoms with Gasteiger partial charge in [0.05, 0.1) is 0 Å². The Kier molecular flexibility index (Phi) is 7.10. The van der Waals surface area contributed by atoms with Crippen molar-refractivity contribution in [3.63, 3.8) is 0 Å². The maximum absolute atomic E-state index is 11.2. The van der Waals surface area contributed by atoms with Crippen LogP contribution >= 0.6 is 12.4 Å². The van der Waals surface area contributed by atoms with Crippen LogP contribution in [-0.2, 0) is 4.79 Å². The first-order valence-corrected chi connectivity index (χ1v) is 5.55. The van der Waals surface area contributed by atoms with E-state index < -0.39 is 6.03 Å². The Hall–Kier alpha value is -0.850. The van der Waals surface area contributed by atoms with Gasteiger partial charge < -0.3 is 11.1 Å². The molecular formula is C10H21ClN4O2. The summed E-state index contributed by atoms with van der Waals surface area (Å²) in [5.41, 5.74) is 4.85. The number of imide groups is 1. The number of nitrogens with two attached hydrogens (primary N) is 1. The third-order valence-electron chi connectivity index (χ3n) is 2.55. The lowest BCUT2D eigenvalue weighted by Crippen LogP contribution is -2.54. The van der Waals surface area contributed by atoms with Gasteiger partial charge in [0.15, 0.2) is 0 Å². The van der Waals surface area contributed by atoms with E-state index in [0.29, 0.717) is 25.0 Å². The van der Waals surface area contributed by atoms with E-state index in [4.69, 9.17) is 5.73 Å². The predicted octanol–water partition coefficient (Wildman–Crippen LogP) is -0.325. The Morgan fingerprint density at radius 2 is 1.88 bits per heavy atom. The first-order valence-electron chi connectivity index (χ1n) is 5.55. The molecule has 1 fully saturated rings. The number of amides is 3. The van der Waals surface area contributed by atoms with Gasteiger partial charge in [0, 0.05) is 38.1 Å². The molecule has 1 aliphatic rings. The fraction of sp³-hybridized carbons (Fsp3) is 0.800. The van der Waals surface area contributed by atoms with E-state index >= 15 is 0 Å². The molecule has 17 heavy (non-hydrogen) atoms. The minimum Gasteiger partial charge on any atom is -0.351 e. The van der Waals surface area contributed by atoms with Crippen LogP contribution in [0.3, 0.4) is 0 Å². The van der Waals surface area contributed by atoms with Crippen molar-refractivity contribution in [2.24, 2.45) is 5.73 Å². The van der Waals surface area contributed by atoms with E-state index in [9.17, 15) is 9.59 Å². The van der Waals surface area contributed by atoms with Gasteiger partial charge in [0.2, 0.25) is 5.91 Å². The second kappa shape index (κ2) is 7.47. The summed E-state index contributed by atoms with van der Waals surface area (Å²) in [7, 11) is 0. The smallest absolute Gasteiger partial charge is 0.318 e. The molecule has 1 aliphatic heterocycles. The summed E-state index contributed by atoms with van der Waals surface area (Å²) in [6.07, 6.45) is 0.308. The first kappa shape index (κ1) is 16.1. The van der Waals surface area contributed by atoms with Crippen molar-refractivity contribution in [1.29, 1.82) is 0 Å². The molecule has 0 aromatic rings. The van der Waals surface area contributed by atoms with E-state index in [1.54, 1.807) is 0 Å². The standard InChI is InChI=1S/C10H20N4O2.ClH/c1-7-5-14(6-8(2)12-7)4-3-9(15)13-10(11)16;/h7-8,12H,3-6H2,1-2H3,(H3,11,13,15,16);1H. The number of carbonyl (C=O) groups is 2. The number of halogens is 1. The van der Waals surface area contributed by atoms with E-state index in [2.05, 4.69) is 29.4 Å². The normalized spacial score (nSPS) is 24.8. The molecule has 0 bridgehead atoms. The lowest BCUT2D eigenvalue weighted by Gasteiger charge is -2.35. The predicted molar refractivity (Wildman–Crippen MR) is 68.1 cm³/mol. The highest BCUT2D eigenvalue weighted by atomic mass is 35.5. The molecule has 0 aromatic carbocycles. The molecule has 4 N–H and O–H groups in total. The minimum atomic E-state index is -0.785. The summed E-state index contributed by atoms with van der Waals surface area (Å²) in [6, 6.07) is 0.0814. The molecule has 0 aromatic heterocycles. The molecule has 0 spiro atoms. The van der Waals surface area contributed by atoms with Crippen LogP contribution in [0.2, 0.25) is 0 Å². The van der Waals surface area contributed by atoms with Crippen LogP contribution < -0.4 is 16.4 Å². The molecule has 1 saturated heterocycles. The van der Waals surface area contributed by atoms with Crippen LogP contribution in [-0.4, -0.2) is 48.6 Å². The summed E-state index contributed by atoms with van der Waals surface area (Å²) in [5.74, 6) is -0.314. The summed E-state index contributed by atoms with van der Waals surface area (Å²) >= 11 is 0. The van der Waals surface area contributed by atoms with E-state index in [0.717, 1.165) is 13.1 Å². The van der Waals surface area contributed by atoms with Crippen molar-refractivity contribution in [3.8, 4) is 0 Å². The summed E-state index contributed by atoms with van der Waals surface area (Å²) in [5, 5.41) is 5.48. The third kappa shape index (κ3) is 6.45. The van der Waals surface area contributed by atoms with Gasteiger partial charge in [-0.25, -0.2) is 4.79 Å². The molecule has 2 unspecified atom stereocenters. The number of carbonyl (C=O) groups excluding carboxylic acids is 2. The molecule has 3 amide bonds. The van der Waals surface area contributed by atoms with Crippen molar-refractivity contribution in [3.05, 3.63) is 0 Å². The van der Waals surface area contributed by atoms with Gasteiger partial charge in [-0.2, -0.15) is 0 Å². The highest BCUT2D eigenvalue weighted by Crippen LogP contribution is 2.04. The number of hydrogen-bond donors (Lipinski definition) is 3. The van der Waals surface area contributed by atoms with Crippen LogP contribution in [0.25, 0.3) is 0 Å². The first-order chi connectivity index (χ1) is 7.47. The molecule has 1 rings (SSSR count). The Bertz CT molecular complexity index is 265. The van der Waals surface area contributed by atoms with Crippen molar-refractivity contribution < 1.29 is 9.59 Å². The fourth-order valence-corrected chi connectivity index (χ4v) is 2.08. The van der Waals surface area contributed by atoms with Crippen LogP contribution in [0.15, 0.2) is 0 Å². The molecule has 100 valence electrons. The highest BCUT2D eigenvalue weighted by Gasteiger charge is 2.21. The van der Waals surface area contributed by atoms with Gasteiger partial charge in [-0.05, 0) is 13.8 Å². The third-order valence-corrected chi connectivity index (χ3v) is 2.55. The average Bonchev–Trinajstić information content (AvgIpc) is 2.12. The zero-order valence-corrected chi connectivity index (χ0v) is 11.0. The van der Waals surface area contributed by atoms with Crippen LogP contribution in [0, 0.1) is 0 Å². The van der Waals surface area contributed by atoms with E-state index in [-0.39, 0.29) is 18.3 Å². The Labute approximate surface area is 108 Å². The van der Waals surface area contributed by atoms with E-state index in [1.165, 1.54) is 0 Å². The number of nitrogens with zero attached hydrogens (tertiary/aromatic N) is 1. The lowest BCUT2D eigenvalue weighted by molar-refractivity contribution is -0.120.